The molecule has 0 aromatic rings. The van der Waals surface area contributed by atoms with Crippen LogP contribution in [0.25, 0.3) is 0 Å². The molecule has 0 unspecified atom stereocenters. The maximum absolute atomic E-state index is 5.92. The van der Waals surface area contributed by atoms with Crippen molar-refractivity contribution in [1.82, 2.24) is 0 Å². The molecule has 1 fully saturated rings. The summed E-state index contributed by atoms with van der Waals surface area (Å²) >= 11 is 5.63. The molecule has 0 bridgehead atoms. The van der Waals surface area contributed by atoms with Crippen LogP contribution in [0.1, 0.15) is 65.2 Å². The Bertz CT molecular complexity index is 170. The minimum absolute atomic E-state index is 0.543. The lowest BCUT2D eigenvalue weighted by Gasteiger charge is -2.34. The Balaban J connectivity index is 1.94. The topological polar surface area (TPSA) is 9.23 Å². The van der Waals surface area contributed by atoms with Crippen molar-refractivity contribution in [2.75, 3.05) is 12.5 Å². The van der Waals surface area contributed by atoms with Crippen LogP contribution in [0, 0.1) is 5.41 Å². The third-order valence-electron chi connectivity index (χ3n) is 3.67. The average molecular weight is 247 g/mol. The predicted molar refractivity (Wildman–Crippen MR) is 71.2 cm³/mol. The van der Waals surface area contributed by atoms with Gasteiger partial charge in [0.2, 0.25) is 0 Å². The number of alkyl halides is 1. The van der Waals surface area contributed by atoms with E-state index in [9.17, 15) is 0 Å². The molecule has 0 N–H and O–H groups in total. The van der Waals surface area contributed by atoms with Crippen LogP contribution in [0.15, 0.2) is 0 Å². The van der Waals surface area contributed by atoms with Gasteiger partial charge in [0, 0.05) is 12.5 Å². The van der Waals surface area contributed by atoms with Gasteiger partial charge in [-0.05, 0) is 43.9 Å². The third-order valence-corrected chi connectivity index (χ3v) is 3.93. The highest BCUT2D eigenvalue weighted by Crippen LogP contribution is 2.36. The van der Waals surface area contributed by atoms with Crippen LogP contribution in [0.3, 0.4) is 0 Å². The highest BCUT2D eigenvalue weighted by Gasteiger charge is 2.26. The monoisotopic (exact) mass is 246 g/mol. The molecule has 0 heterocycles. The van der Waals surface area contributed by atoms with E-state index in [-0.39, 0.29) is 0 Å². The molecule has 0 atom stereocenters. The largest absolute Gasteiger partial charge is 0.378 e. The van der Waals surface area contributed by atoms with Gasteiger partial charge >= 0.3 is 0 Å². The van der Waals surface area contributed by atoms with E-state index in [1.54, 1.807) is 0 Å². The second-order valence-corrected chi connectivity index (χ2v) is 6.22. The number of ether oxygens (including phenoxy) is 1. The van der Waals surface area contributed by atoms with Crippen LogP contribution in [0.4, 0.5) is 0 Å². The summed E-state index contributed by atoms with van der Waals surface area (Å²) in [4.78, 5) is 0. The van der Waals surface area contributed by atoms with Crippen LogP contribution in [0.5, 0.6) is 0 Å². The van der Waals surface area contributed by atoms with Crippen molar-refractivity contribution in [2.45, 2.75) is 71.3 Å². The number of halogens is 1. The minimum atomic E-state index is 0.543. The van der Waals surface area contributed by atoms with Gasteiger partial charge in [-0.3, -0.25) is 0 Å². The number of hydrogen-bond acceptors (Lipinski definition) is 1. The average Bonchev–Trinajstić information content (AvgIpc) is 2.25. The summed E-state index contributed by atoms with van der Waals surface area (Å²) in [6, 6.07) is 0. The number of rotatable bonds is 7. The Kier molecular flexibility index (Phi) is 6.75. The van der Waals surface area contributed by atoms with E-state index >= 15 is 0 Å². The fourth-order valence-corrected chi connectivity index (χ4v) is 2.53. The normalized spacial score (nSPS) is 21.2. The molecule has 0 spiro atoms. The van der Waals surface area contributed by atoms with E-state index in [4.69, 9.17) is 16.3 Å². The molecule has 0 saturated heterocycles. The molecule has 1 saturated carbocycles. The standard InChI is InChI=1S/C14H27ClO/c1-14(2)9-7-13(8-10-14)16-12-6-4-3-5-11-15/h13H,3-12H2,1-2H3. The van der Waals surface area contributed by atoms with Crippen molar-refractivity contribution in [3.05, 3.63) is 0 Å². The smallest absolute Gasteiger partial charge is 0.0575 e. The lowest BCUT2D eigenvalue weighted by molar-refractivity contribution is 0.00276. The van der Waals surface area contributed by atoms with Crippen molar-refractivity contribution in [1.29, 1.82) is 0 Å². The lowest BCUT2D eigenvalue weighted by atomic mass is 9.76. The van der Waals surface area contributed by atoms with Gasteiger partial charge in [-0.1, -0.05) is 26.7 Å². The van der Waals surface area contributed by atoms with Crippen LogP contribution in [0.2, 0.25) is 0 Å². The zero-order valence-electron chi connectivity index (χ0n) is 10.9. The summed E-state index contributed by atoms with van der Waals surface area (Å²) in [5, 5.41) is 0. The molecule has 0 aromatic carbocycles. The number of unbranched alkanes of at least 4 members (excludes halogenated alkanes) is 3. The molecule has 2 heteroatoms. The summed E-state index contributed by atoms with van der Waals surface area (Å²) in [7, 11) is 0. The SMILES string of the molecule is CC1(C)CCC(OCCCCCCCl)CC1. The first-order valence-corrected chi connectivity index (χ1v) is 7.35. The van der Waals surface area contributed by atoms with Crippen LogP contribution in [-0.2, 0) is 4.74 Å². The van der Waals surface area contributed by atoms with Crippen molar-refractivity contribution < 1.29 is 4.74 Å². The third kappa shape index (κ3) is 6.10. The summed E-state index contributed by atoms with van der Waals surface area (Å²) < 4.78 is 5.92. The van der Waals surface area contributed by atoms with Crippen LogP contribution in [-0.4, -0.2) is 18.6 Å². The highest BCUT2D eigenvalue weighted by molar-refractivity contribution is 6.17. The van der Waals surface area contributed by atoms with Crippen molar-refractivity contribution in [3.63, 3.8) is 0 Å². The molecule has 1 aliphatic carbocycles. The van der Waals surface area contributed by atoms with Gasteiger partial charge in [0.05, 0.1) is 6.10 Å². The van der Waals surface area contributed by atoms with Gasteiger partial charge in [-0.25, -0.2) is 0 Å². The quantitative estimate of drug-likeness (QED) is 0.464. The Labute approximate surface area is 106 Å². The fraction of sp³-hybridized carbons (Fsp3) is 1.00. The van der Waals surface area contributed by atoms with Gasteiger partial charge in [0.1, 0.15) is 0 Å². The molecular weight excluding hydrogens is 220 g/mol. The maximum Gasteiger partial charge on any atom is 0.0575 e. The van der Waals surface area contributed by atoms with Gasteiger partial charge in [-0.15, -0.1) is 11.6 Å². The molecule has 96 valence electrons. The van der Waals surface area contributed by atoms with Gasteiger partial charge in [0.15, 0.2) is 0 Å². The summed E-state index contributed by atoms with van der Waals surface area (Å²) in [6.45, 7) is 5.69. The second-order valence-electron chi connectivity index (χ2n) is 5.84. The van der Waals surface area contributed by atoms with Crippen LogP contribution >= 0.6 is 11.6 Å². The molecule has 1 nitrogen and oxygen atoms in total. The molecule has 0 amide bonds. The maximum atomic E-state index is 5.92. The molecule has 16 heavy (non-hydrogen) atoms. The summed E-state index contributed by atoms with van der Waals surface area (Å²) in [6.07, 6.45) is 10.6. The van der Waals surface area contributed by atoms with E-state index < -0.39 is 0 Å². The second kappa shape index (κ2) is 7.55. The van der Waals surface area contributed by atoms with Gasteiger partial charge in [0.25, 0.3) is 0 Å². The van der Waals surface area contributed by atoms with Crippen molar-refractivity contribution in [2.24, 2.45) is 5.41 Å². The molecule has 1 aliphatic rings. The lowest BCUT2D eigenvalue weighted by Crippen LogP contribution is -2.26. The zero-order valence-corrected chi connectivity index (χ0v) is 11.7. The Hall–Kier alpha value is 0.250. The number of hydrogen-bond donors (Lipinski definition) is 0. The first kappa shape index (κ1) is 14.3. The Morgan fingerprint density at radius 3 is 2.31 bits per heavy atom. The molecule has 0 radical (unpaired) electrons. The van der Waals surface area contributed by atoms with Crippen molar-refractivity contribution >= 4 is 11.6 Å². The zero-order chi connectivity index (χ0) is 11.9. The van der Waals surface area contributed by atoms with Gasteiger partial charge in [-0.2, -0.15) is 0 Å². The minimum Gasteiger partial charge on any atom is -0.378 e. The Morgan fingerprint density at radius 1 is 1.06 bits per heavy atom. The van der Waals surface area contributed by atoms with Crippen LogP contribution < -0.4 is 0 Å². The van der Waals surface area contributed by atoms with E-state index in [2.05, 4.69) is 13.8 Å². The molecular formula is C14H27ClO. The summed E-state index contributed by atoms with van der Waals surface area (Å²) in [5.74, 6) is 0.804. The van der Waals surface area contributed by atoms with E-state index in [1.807, 2.05) is 0 Å². The first-order chi connectivity index (χ1) is 7.64. The van der Waals surface area contributed by atoms with Gasteiger partial charge < -0.3 is 4.74 Å². The van der Waals surface area contributed by atoms with E-state index in [1.165, 1.54) is 44.9 Å². The van der Waals surface area contributed by atoms with E-state index in [0.717, 1.165) is 18.9 Å². The molecule has 0 aliphatic heterocycles. The predicted octanol–water partition coefficient (Wildman–Crippen LogP) is 4.77. The molecule has 1 rings (SSSR count). The highest BCUT2D eigenvalue weighted by atomic mass is 35.5. The molecule has 0 aromatic heterocycles. The Morgan fingerprint density at radius 2 is 1.69 bits per heavy atom. The first-order valence-electron chi connectivity index (χ1n) is 6.82. The van der Waals surface area contributed by atoms with E-state index in [0.29, 0.717) is 11.5 Å². The van der Waals surface area contributed by atoms with Crippen molar-refractivity contribution in [3.8, 4) is 0 Å². The summed E-state index contributed by atoms with van der Waals surface area (Å²) in [5.41, 5.74) is 0.556. The fourth-order valence-electron chi connectivity index (χ4n) is 2.34.